The third kappa shape index (κ3) is 4.71. The number of anilines is 1. The molecular formula is C25H27N5O4S2. The van der Waals surface area contributed by atoms with Crippen molar-refractivity contribution >= 4 is 49.9 Å². The Morgan fingerprint density at radius 3 is 2.61 bits per heavy atom. The smallest absolute Gasteiger partial charge is 0.243 e. The van der Waals surface area contributed by atoms with E-state index in [9.17, 15) is 13.2 Å². The number of aryl methyl sites for hydroxylation is 3. The number of benzene rings is 2. The summed E-state index contributed by atoms with van der Waals surface area (Å²) in [5.41, 5.74) is 5.61. The normalized spacial score (nSPS) is 15.0. The lowest BCUT2D eigenvalue weighted by Crippen LogP contribution is -2.40. The average molecular weight is 526 g/mol. The third-order valence-electron chi connectivity index (χ3n) is 6.16. The average Bonchev–Trinajstić information content (AvgIpc) is 3.25. The second-order valence-electron chi connectivity index (χ2n) is 8.86. The number of ether oxygens (including phenoxy) is 1. The fourth-order valence-corrected chi connectivity index (χ4v) is 6.70. The van der Waals surface area contributed by atoms with Crippen LogP contribution < -0.4 is 5.32 Å². The number of carbonyl (C=O) groups is 1. The van der Waals surface area contributed by atoms with Crippen molar-refractivity contribution in [3.05, 3.63) is 59.2 Å². The van der Waals surface area contributed by atoms with Crippen LogP contribution in [0, 0.1) is 20.8 Å². The number of hydrogen-bond donors (Lipinski definition) is 1. The highest BCUT2D eigenvalue weighted by molar-refractivity contribution is 7.99. The minimum Gasteiger partial charge on any atom is -0.379 e. The summed E-state index contributed by atoms with van der Waals surface area (Å²) < 4.78 is 34.5. The Balaban J connectivity index is 1.34. The molecule has 1 aliphatic rings. The summed E-state index contributed by atoms with van der Waals surface area (Å²) in [5, 5.41) is 13.2. The summed E-state index contributed by atoms with van der Waals surface area (Å²) in [4.78, 5) is 12.9. The quantitative estimate of drug-likeness (QED) is 0.384. The maximum atomic E-state index is 12.9. The number of aromatic nitrogens is 3. The Labute approximate surface area is 213 Å². The number of nitrogens with one attached hydrogen (secondary N) is 1. The highest BCUT2D eigenvalue weighted by atomic mass is 32.2. The third-order valence-corrected chi connectivity index (χ3v) is 8.98. The van der Waals surface area contributed by atoms with E-state index in [1.54, 1.807) is 12.1 Å². The zero-order valence-electron chi connectivity index (χ0n) is 20.3. The van der Waals surface area contributed by atoms with Crippen LogP contribution in [0.1, 0.15) is 16.7 Å². The van der Waals surface area contributed by atoms with Gasteiger partial charge in [0, 0.05) is 24.2 Å². The zero-order chi connectivity index (χ0) is 25.4. The number of hydrogen-bond acceptors (Lipinski definition) is 7. The molecule has 11 heteroatoms. The fourth-order valence-electron chi connectivity index (χ4n) is 4.50. The molecule has 1 fully saturated rings. The van der Waals surface area contributed by atoms with Gasteiger partial charge in [-0.15, -0.1) is 10.2 Å². The Bertz CT molecular complexity index is 1580. The van der Waals surface area contributed by atoms with Crippen LogP contribution in [0.4, 0.5) is 5.69 Å². The summed E-state index contributed by atoms with van der Waals surface area (Å²) in [6.45, 7) is 7.57. The fraction of sp³-hybridized carbons (Fsp3) is 0.320. The SMILES string of the molecule is Cc1cc(C)c2c(c1)c(C)cc1nnc(SCC(=O)Nc3cccc(S(=O)(=O)N4CCOCC4)c3)n12. The van der Waals surface area contributed by atoms with Gasteiger partial charge in [0.1, 0.15) is 0 Å². The first-order chi connectivity index (χ1) is 17.2. The molecule has 5 rings (SSSR count). The van der Waals surface area contributed by atoms with E-state index in [0.717, 1.165) is 27.7 Å². The number of carbonyl (C=O) groups excluding carboxylic acids is 1. The van der Waals surface area contributed by atoms with Crippen molar-refractivity contribution in [1.29, 1.82) is 0 Å². The number of sulfonamides is 1. The standard InChI is InChI=1S/C25H27N5O4S2/c1-16-11-18(3)24-21(12-16)17(2)13-22-27-28-25(30(22)24)35-15-23(31)26-19-5-4-6-20(14-19)36(32,33)29-7-9-34-10-8-29/h4-6,11-14H,7-10,15H2,1-3H3,(H,26,31). The molecule has 0 radical (unpaired) electrons. The molecule has 1 saturated heterocycles. The molecule has 9 nitrogen and oxygen atoms in total. The molecule has 4 aromatic rings. The molecule has 0 bridgehead atoms. The van der Waals surface area contributed by atoms with E-state index in [1.807, 2.05) is 10.5 Å². The van der Waals surface area contributed by atoms with Crippen LogP contribution in [-0.4, -0.2) is 65.3 Å². The van der Waals surface area contributed by atoms with Crippen LogP contribution in [-0.2, 0) is 19.6 Å². The van der Waals surface area contributed by atoms with Crippen LogP contribution in [0.2, 0.25) is 0 Å². The molecule has 2 aromatic heterocycles. The second kappa shape index (κ2) is 9.81. The van der Waals surface area contributed by atoms with Crippen molar-refractivity contribution < 1.29 is 17.9 Å². The van der Waals surface area contributed by atoms with Gasteiger partial charge in [0.05, 0.1) is 29.4 Å². The number of nitrogens with zero attached hydrogens (tertiary/aromatic N) is 4. The number of thioether (sulfide) groups is 1. The first kappa shape index (κ1) is 24.7. The number of amides is 1. The van der Waals surface area contributed by atoms with E-state index < -0.39 is 10.0 Å². The number of pyridine rings is 1. The van der Waals surface area contributed by atoms with Gasteiger partial charge in [-0.1, -0.05) is 29.5 Å². The van der Waals surface area contributed by atoms with Crippen LogP contribution >= 0.6 is 11.8 Å². The molecule has 0 saturated carbocycles. The molecule has 188 valence electrons. The first-order valence-electron chi connectivity index (χ1n) is 11.6. The number of morpholine rings is 1. The molecule has 2 aromatic carbocycles. The van der Waals surface area contributed by atoms with Crippen molar-refractivity contribution in [2.75, 3.05) is 37.4 Å². The van der Waals surface area contributed by atoms with Crippen LogP contribution in [0.5, 0.6) is 0 Å². The Hall–Kier alpha value is -2.99. The van der Waals surface area contributed by atoms with Crippen molar-refractivity contribution in [3.63, 3.8) is 0 Å². The van der Waals surface area contributed by atoms with E-state index in [-0.39, 0.29) is 16.6 Å². The lowest BCUT2D eigenvalue weighted by atomic mass is 10.0. The van der Waals surface area contributed by atoms with E-state index in [2.05, 4.69) is 48.4 Å². The largest absolute Gasteiger partial charge is 0.379 e. The predicted octanol–water partition coefficient (Wildman–Crippen LogP) is 3.56. The van der Waals surface area contributed by atoms with Crippen LogP contribution in [0.3, 0.4) is 0 Å². The van der Waals surface area contributed by atoms with Gasteiger partial charge in [-0.25, -0.2) is 8.42 Å². The van der Waals surface area contributed by atoms with Crippen molar-refractivity contribution in [1.82, 2.24) is 18.9 Å². The number of rotatable bonds is 6. The van der Waals surface area contributed by atoms with Crippen molar-refractivity contribution in [2.45, 2.75) is 30.8 Å². The predicted molar refractivity (Wildman–Crippen MR) is 140 cm³/mol. The molecule has 0 atom stereocenters. The monoisotopic (exact) mass is 525 g/mol. The molecule has 1 amide bonds. The van der Waals surface area contributed by atoms with E-state index in [1.165, 1.54) is 33.8 Å². The van der Waals surface area contributed by atoms with Crippen molar-refractivity contribution in [2.24, 2.45) is 0 Å². The molecule has 0 aliphatic carbocycles. The molecule has 0 unspecified atom stereocenters. The van der Waals surface area contributed by atoms with Gasteiger partial charge in [0.2, 0.25) is 15.9 Å². The second-order valence-corrected chi connectivity index (χ2v) is 11.7. The van der Waals surface area contributed by atoms with E-state index >= 15 is 0 Å². The lowest BCUT2D eigenvalue weighted by molar-refractivity contribution is -0.113. The first-order valence-corrected chi connectivity index (χ1v) is 14.0. The molecule has 0 spiro atoms. The van der Waals surface area contributed by atoms with Crippen LogP contribution in [0.25, 0.3) is 16.6 Å². The van der Waals surface area contributed by atoms with Gasteiger partial charge < -0.3 is 10.1 Å². The van der Waals surface area contributed by atoms with Gasteiger partial charge in [0.25, 0.3) is 0 Å². The molecule has 1 aliphatic heterocycles. The van der Waals surface area contributed by atoms with Crippen molar-refractivity contribution in [3.8, 4) is 0 Å². The zero-order valence-corrected chi connectivity index (χ0v) is 21.9. The summed E-state index contributed by atoms with van der Waals surface area (Å²) in [5.74, 6) is -0.164. The summed E-state index contributed by atoms with van der Waals surface area (Å²) in [7, 11) is -3.65. The maximum Gasteiger partial charge on any atom is 0.243 e. The molecule has 36 heavy (non-hydrogen) atoms. The summed E-state index contributed by atoms with van der Waals surface area (Å²) >= 11 is 1.29. The van der Waals surface area contributed by atoms with E-state index in [4.69, 9.17) is 4.74 Å². The topological polar surface area (TPSA) is 106 Å². The molecule has 1 N–H and O–H groups in total. The minimum atomic E-state index is -3.65. The Morgan fingerprint density at radius 1 is 1.06 bits per heavy atom. The van der Waals surface area contributed by atoms with Crippen LogP contribution in [0.15, 0.2) is 52.5 Å². The van der Waals surface area contributed by atoms with Gasteiger partial charge in [-0.3, -0.25) is 9.20 Å². The highest BCUT2D eigenvalue weighted by Crippen LogP contribution is 2.29. The van der Waals surface area contributed by atoms with Gasteiger partial charge in [-0.05, 0) is 62.2 Å². The maximum absolute atomic E-state index is 12.9. The molecular weight excluding hydrogens is 498 g/mol. The number of fused-ring (bicyclic) bond motifs is 3. The minimum absolute atomic E-state index is 0.0987. The molecule has 3 heterocycles. The van der Waals surface area contributed by atoms with E-state index in [0.29, 0.717) is 37.1 Å². The van der Waals surface area contributed by atoms with Gasteiger partial charge >= 0.3 is 0 Å². The Morgan fingerprint density at radius 2 is 1.83 bits per heavy atom. The summed E-state index contributed by atoms with van der Waals surface area (Å²) in [6, 6.07) is 12.6. The highest BCUT2D eigenvalue weighted by Gasteiger charge is 2.26. The summed E-state index contributed by atoms with van der Waals surface area (Å²) in [6.07, 6.45) is 0. The van der Waals surface area contributed by atoms with Gasteiger partial charge in [-0.2, -0.15) is 4.31 Å². The Kier molecular flexibility index (Phi) is 6.73. The van der Waals surface area contributed by atoms with Gasteiger partial charge in [0.15, 0.2) is 10.8 Å². The lowest BCUT2D eigenvalue weighted by Gasteiger charge is -2.26.